The standard InChI is InChI=1S/C8H16N4/c1-7(2)12-6-4-8(11-12)3-5-10-9/h4,6-7,10H,3,5,9H2,1-2H3. The van der Waals surface area contributed by atoms with E-state index in [9.17, 15) is 0 Å². The van der Waals surface area contributed by atoms with Crippen LogP contribution in [-0.2, 0) is 6.42 Å². The third-order valence-corrected chi connectivity index (χ3v) is 1.72. The van der Waals surface area contributed by atoms with Crippen molar-refractivity contribution in [1.82, 2.24) is 15.2 Å². The number of aromatic nitrogens is 2. The highest BCUT2D eigenvalue weighted by Crippen LogP contribution is 2.03. The van der Waals surface area contributed by atoms with Crippen molar-refractivity contribution in [3.8, 4) is 0 Å². The molecule has 0 aromatic carbocycles. The molecule has 0 spiro atoms. The molecule has 1 aromatic heterocycles. The lowest BCUT2D eigenvalue weighted by atomic mass is 10.3. The van der Waals surface area contributed by atoms with E-state index >= 15 is 0 Å². The van der Waals surface area contributed by atoms with Crippen LogP contribution in [0, 0.1) is 0 Å². The van der Waals surface area contributed by atoms with Crippen LogP contribution in [0.5, 0.6) is 0 Å². The number of hydrogen-bond acceptors (Lipinski definition) is 3. The van der Waals surface area contributed by atoms with Crippen LogP contribution >= 0.6 is 0 Å². The predicted octanol–water partition coefficient (Wildman–Crippen LogP) is 0.470. The Morgan fingerprint density at radius 1 is 1.67 bits per heavy atom. The zero-order chi connectivity index (χ0) is 8.97. The van der Waals surface area contributed by atoms with Gasteiger partial charge < -0.3 is 0 Å². The highest BCUT2D eigenvalue weighted by Gasteiger charge is 2.00. The van der Waals surface area contributed by atoms with Crippen molar-refractivity contribution in [2.24, 2.45) is 5.84 Å². The van der Waals surface area contributed by atoms with Crippen LogP contribution in [0.15, 0.2) is 12.3 Å². The van der Waals surface area contributed by atoms with Gasteiger partial charge in [-0.1, -0.05) is 0 Å². The van der Waals surface area contributed by atoms with Gasteiger partial charge in [-0.3, -0.25) is 16.0 Å². The van der Waals surface area contributed by atoms with Gasteiger partial charge in [0.15, 0.2) is 0 Å². The smallest absolute Gasteiger partial charge is 0.0637 e. The lowest BCUT2D eigenvalue weighted by molar-refractivity contribution is 0.525. The Bertz CT molecular complexity index is 229. The molecule has 0 unspecified atom stereocenters. The summed E-state index contributed by atoms with van der Waals surface area (Å²) in [5.41, 5.74) is 3.69. The molecular weight excluding hydrogens is 152 g/mol. The number of nitrogens with zero attached hydrogens (tertiary/aromatic N) is 2. The van der Waals surface area contributed by atoms with E-state index in [1.165, 1.54) is 0 Å². The molecular formula is C8H16N4. The quantitative estimate of drug-likeness (QED) is 0.507. The molecule has 0 fully saturated rings. The van der Waals surface area contributed by atoms with Crippen molar-refractivity contribution in [3.63, 3.8) is 0 Å². The molecule has 3 N–H and O–H groups in total. The lowest BCUT2D eigenvalue weighted by Gasteiger charge is -2.03. The Labute approximate surface area is 72.7 Å². The van der Waals surface area contributed by atoms with Gasteiger partial charge in [-0.05, 0) is 19.9 Å². The zero-order valence-electron chi connectivity index (χ0n) is 7.62. The fourth-order valence-corrected chi connectivity index (χ4v) is 0.999. The molecule has 0 saturated carbocycles. The summed E-state index contributed by atoms with van der Waals surface area (Å²) in [6.07, 6.45) is 2.88. The van der Waals surface area contributed by atoms with Crippen LogP contribution in [0.2, 0.25) is 0 Å². The van der Waals surface area contributed by atoms with Crippen molar-refractivity contribution < 1.29 is 0 Å². The second-order valence-corrected chi connectivity index (χ2v) is 3.08. The molecule has 4 nitrogen and oxygen atoms in total. The van der Waals surface area contributed by atoms with E-state index in [2.05, 4.69) is 24.4 Å². The van der Waals surface area contributed by atoms with Gasteiger partial charge in [0.2, 0.25) is 0 Å². The summed E-state index contributed by atoms with van der Waals surface area (Å²) in [6.45, 7) is 4.99. The third kappa shape index (κ3) is 2.32. The van der Waals surface area contributed by atoms with Gasteiger partial charge in [-0.2, -0.15) is 5.10 Å². The number of nitrogens with one attached hydrogen (secondary N) is 1. The Hall–Kier alpha value is -0.870. The summed E-state index contributed by atoms with van der Waals surface area (Å²) in [7, 11) is 0. The van der Waals surface area contributed by atoms with Gasteiger partial charge in [0.1, 0.15) is 0 Å². The topological polar surface area (TPSA) is 55.9 Å². The summed E-state index contributed by atoms with van der Waals surface area (Å²) in [5, 5.41) is 4.37. The summed E-state index contributed by atoms with van der Waals surface area (Å²) >= 11 is 0. The maximum atomic E-state index is 5.16. The highest BCUT2D eigenvalue weighted by molar-refractivity contribution is 4.99. The lowest BCUT2D eigenvalue weighted by Crippen LogP contribution is -2.24. The minimum atomic E-state index is 0.435. The van der Waals surface area contributed by atoms with Crippen LogP contribution in [0.1, 0.15) is 25.6 Å². The number of nitrogens with two attached hydrogens (primary N) is 1. The van der Waals surface area contributed by atoms with Crippen molar-refractivity contribution in [2.75, 3.05) is 6.54 Å². The second kappa shape index (κ2) is 4.23. The molecule has 4 heteroatoms. The van der Waals surface area contributed by atoms with Crippen molar-refractivity contribution in [3.05, 3.63) is 18.0 Å². The van der Waals surface area contributed by atoms with Crippen LogP contribution in [0.4, 0.5) is 0 Å². The monoisotopic (exact) mass is 168 g/mol. The van der Waals surface area contributed by atoms with E-state index in [1.54, 1.807) is 0 Å². The minimum absolute atomic E-state index is 0.435. The summed E-state index contributed by atoms with van der Waals surface area (Å²) < 4.78 is 1.95. The second-order valence-electron chi connectivity index (χ2n) is 3.08. The van der Waals surface area contributed by atoms with E-state index in [4.69, 9.17) is 5.84 Å². The van der Waals surface area contributed by atoms with Crippen molar-refractivity contribution in [1.29, 1.82) is 0 Å². The molecule has 1 aromatic rings. The Morgan fingerprint density at radius 3 is 2.92 bits per heavy atom. The van der Waals surface area contributed by atoms with Gasteiger partial charge in [0, 0.05) is 25.2 Å². The van der Waals surface area contributed by atoms with Gasteiger partial charge in [-0.15, -0.1) is 0 Å². The maximum Gasteiger partial charge on any atom is 0.0637 e. The Kier molecular flexibility index (Phi) is 3.25. The number of hydrogen-bond donors (Lipinski definition) is 2. The zero-order valence-corrected chi connectivity index (χ0v) is 7.62. The van der Waals surface area contributed by atoms with E-state index < -0.39 is 0 Å². The SMILES string of the molecule is CC(C)n1ccc(CCNN)n1. The molecule has 1 heterocycles. The average Bonchev–Trinajstić information content (AvgIpc) is 2.48. The van der Waals surface area contributed by atoms with Crippen molar-refractivity contribution >= 4 is 0 Å². The summed E-state index contributed by atoms with van der Waals surface area (Å²) in [6, 6.07) is 2.46. The van der Waals surface area contributed by atoms with Crippen LogP contribution in [0.3, 0.4) is 0 Å². The maximum absolute atomic E-state index is 5.16. The number of rotatable bonds is 4. The van der Waals surface area contributed by atoms with Gasteiger partial charge >= 0.3 is 0 Å². The minimum Gasteiger partial charge on any atom is -0.271 e. The molecule has 0 saturated heterocycles. The summed E-state index contributed by atoms with van der Waals surface area (Å²) in [4.78, 5) is 0. The summed E-state index contributed by atoms with van der Waals surface area (Å²) in [5.74, 6) is 5.16. The van der Waals surface area contributed by atoms with Gasteiger partial charge in [-0.25, -0.2) is 0 Å². The predicted molar refractivity (Wildman–Crippen MR) is 48.5 cm³/mol. The van der Waals surface area contributed by atoms with Gasteiger partial charge in [0.05, 0.1) is 5.69 Å². The Morgan fingerprint density at radius 2 is 2.42 bits per heavy atom. The third-order valence-electron chi connectivity index (χ3n) is 1.72. The van der Waals surface area contributed by atoms with E-state index in [-0.39, 0.29) is 0 Å². The normalized spacial score (nSPS) is 11.0. The molecule has 0 aliphatic heterocycles. The molecule has 0 amide bonds. The Balaban J connectivity index is 2.52. The molecule has 0 radical (unpaired) electrons. The first-order valence-corrected chi connectivity index (χ1v) is 4.21. The molecule has 0 bridgehead atoms. The molecule has 12 heavy (non-hydrogen) atoms. The van der Waals surface area contributed by atoms with Crippen LogP contribution in [-0.4, -0.2) is 16.3 Å². The first-order valence-electron chi connectivity index (χ1n) is 4.21. The van der Waals surface area contributed by atoms with Crippen LogP contribution < -0.4 is 11.3 Å². The molecule has 0 aliphatic rings. The van der Waals surface area contributed by atoms with Gasteiger partial charge in [0.25, 0.3) is 0 Å². The van der Waals surface area contributed by atoms with E-state index in [0.29, 0.717) is 6.04 Å². The highest BCUT2D eigenvalue weighted by atomic mass is 15.3. The molecule has 0 atom stereocenters. The number of hydrazine groups is 1. The first kappa shape index (κ1) is 9.22. The average molecular weight is 168 g/mol. The fourth-order valence-electron chi connectivity index (χ4n) is 0.999. The molecule has 1 rings (SSSR count). The van der Waals surface area contributed by atoms with E-state index in [0.717, 1.165) is 18.7 Å². The van der Waals surface area contributed by atoms with E-state index in [1.807, 2.05) is 16.9 Å². The van der Waals surface area contributed by atoms with Crippen LogP contribution in [0.25, 0.3) is 0 Å². The molecule has 68 valence electrons. The first-order chi connectivity index (χ1) is 5.74. The molecule has 0 aliphatic carbocycles. The fraction of sp³-hybridized carbons (Fsp3) is 0.625. The van der Waals surface area contributed by atoms with Crippen molar-refractivity contribution in [2.45, 2.75) is 26.3 Å². The largest absolute Gasteiger partial charge is 0.271 e.